The first-order valence-electron chi connectivity index (χ1n) is 7.56. The summed E-state index contributed by atoms with van der Waals surface area (Å²) >= 11 is 0. The van der Waals surface area contributed by atoms with Gasteiger partial charge in [0.1, 0.15) is 5.82 Å². The summed E-state index contributed by atoms with van der Waals surface area (Å²) in [6.45, 7) is 6.62. The lowest BCUT2D eigenvalue weighted by Gasteiger charge is -2.38. The molecule has 102 valence electrons. The largest absolute Gasteiger partial charge is 0.351 e. The summed E-state index contributed by atoms with van der Waals surface area (Å²) < 4.78 is 0. The Morgan fingerprint density at radius 2 is 1.95 bits per heavy atom. The number of anilines is 1. The molecule has 2 aliphatic heterocycles. The third kappa shape index (κ3) is 2.29. The zero-order valence-electron chi connectivity index (χ0n) is 12.3. The molecule has 3 heterocycles. The number of piperidine rings is 1. The van der Waals surface area contributed by atoms with Gasteiger partial charge < -0.3 is 4.90 Å². The summed E-state index contributed by atoms with van der Waals surface area (Å²) in [5.74, 6) is 2.07. The first-order chi connectivity index (χ1) is 9.19. The first kappa shape index (κ1) is 12.7. The lowest BCUT2D eigenvalue weighted by Crippen LogP contribution is -2.42. The maximum Gasteiger partial charge on any atom is 0.129 e. The molecule has 2 nitrogen and oxygen atoms in total. The van der Waals surface area contributed by atoms with Gasteiger partial charge in [0.15, 0.2) is 0 Å². The number of allylic oxidation sites excluding steroid dienone is 2. The first-order valence-corrected chi connectivity index (χ1v) is 7.56. The van der Waals surface area contributed by atoms with Gasteiger partial charge >= 0.3 is 0 Å². The second kappa shape index (κ2) is 4.99. The lowest BCUT2D eigenvalue weighted by atomic mass is 9.92. The Kier molecular flexibility index (Phi) is 3.34. The Morgan fingerprint density at radius 3 is 2.47 bits per heavy atom. The van der Waals surface area contributed by atoms with E-state index >= 15 is 0 Å². The van der Waals surface area contributed by atoms with E-state index in [1.165, 1.54) is 42.6 Å². The minimum absolute atomic E-state index is 0.731. The van der Waals surface area contributed by atoms with E-state index in [1.807, 2.05) is 6.20 Å². The van der Waals surface area contributed by atoms with E-state index in [1.54, 1.807) is 0 Å². The average molecular weight is 256 g/mol. The number of nitrogens with zero attached hydrogens (tertiary/aromatic N) is 2. The van der Waals surface area contributed by atoms with E-state index in [2.05, 4.69) is 43.9 Å². The van der Waals surface area contributed by atoms with Crippen LogP contribution in [-0.4, -0.2) is 17.1 Å². The number of pyridine rings is 1. The highest BCUT2D eigenvalue weighted by molar-refractivity contribution is 5.63. The smallest absolute Gasteiger partial charge is 0.129 e. The monoisotopic (exact) mass is 256 g/mol. The molecule has 0 aliphatic carbocycles. The quantitative estimate of drug-likeness (QED) is 0.785. The second-order valence-electron chi connectivity index (χ2n) is 6.25. The van der Waals surface area contributed by atoms with Crippen LogP contribution in [0.1, 0.15) is 52.0 Å². The standard InChI is InChI=1S/C17H24N2/c1-4-13(3)14-5-8-17(18-11-14)19-15-6-7-16(19)10-12(2)9-15/h4-5,8,11-12,15-16H,6-7,9-10H2,1-3H3/b13-4-. The topological polar surface area (TPSA) is 16.1 Å². The van der Waals surface area contributed by atoms with Crippen molar-refractivity contribution in [1.82, 2.24) is 4.98 Å². The van der Waals surface area contributed by atoms with E-state index < -0.39 is 0 Å². The van der Waals surface area contributed by atoms with Crippen LogP contribution in [0.2, 0.25) is 0 Å². The fraction of sp³-hybridized carbons (Fsp3) is 0.588. The summed E-state index contributed by atoms with van der Waals surface area (Å²) in [6, 6.07) is 5.89. The normalized spacial score (nSPS) is 30.8. The molecule has 0 radical (unpaired) electrons. The molecule has 2 saturated heterocycles. The number of rotatable bonds is 2. The molecule has 1 aromatic heterocycles. The van der Waals surface area contributed by atoms with Crippen molar-refractivity contribution >= 4 is 11.4 Å². The van der Waals surface area contributed by atoms with Gasteiger partial charge in [-0.05, 0) is 68.7 Å². The highest BCUT2D eigenvalue weighted by Crippen LogP contribution is 2.40. The van der Waals surface area contributed by atoms with Crippen molar-refractivity contribution in [2.75, 3.05) is 4.90 Å². The molecule has 2 bridgehead atoms. The summed E-state index contributed by atoms with van der Waals surface area (Å²) in [6.07, 6.45) is 9.56. The van der Waals surface area contributed by atoms with Gasteiger partial charge in [-0.2, -0.15) is 0 Å². The Balaban J connectivity index is 1.83. The van der Waals surface area contributed by atoms with Crippen molar-refractivity contribution in [3.05, 3.63) is 30.0 Å². The molecule has 1 aromatic rings. The van der Waals surface area contributed by atoms with Crippen LogP contribution >= 0.6 is 0 Å². The van der Waals surface area contributed by atoms with E-state index in [0.717, 1.165) is 18.0 Å². The highest BCUT2D eigenvalue weighted by Gasteiger charge is 2.39. The van der Waals surface area contributed by atoms with E-state index in [9.17, 15) is 0 Å². The molecule has 19 heavy (non-hydrogen) atoms. The molecule has 2 aliphatic rings. The van der Waals surface area contributed by atoms with Crippen molar-refractivity contribution in [2.24, 2.45) is 5.92 Å². The fourth-order valence-electron chi connectivity index (χ4n) is 3.76. The molecule has 0 saturated carbocycles. The average Bonchev–Trinajstić information content (AvgIpc) is 2.70. The molecule has 2 heteroatoms. The van der Waals surface area contributed by atoms with Crippen molar-refractivity contribution in [3.8, 4) is 0 Å². The fourth-order valence-corrected chi connectivity index (χ4v) is 3.76. The molecule has 2 atom stereocenters. The van der Waals surface area contributed by atoms with Crippen LogP contribution in [0.15, 0.2) is 24.4 Å². The number of aromatic nitrogens is 1. The molecular weight excluding hydrogens is 232 g/mol. The minimum atomic E-state index is 0.731. The van der Waals surface area contributed by atoms with Crippen molar-refractivity contribution in [2.45, 2.75) is 58.5 Å². The van der Waals surface area contributed by atoms with Gasteiger partial charge in [0.05, 0.1) is 0 Å². The lowest BCUT2D eigenvalue weighted by molar-refractivity contribution is 0.361. The third-order valence-electron chi connectivity index (χ3n) is 4.87. The van der Waals surface area contributed by atoms with Crippen LogP contribution in [0, 0.1) is 5.92 Å². The van der Waals surface area contributed by atoms with Crippen molar-refractivity contribution in [3.63, 3.8) is 0 Å². The van der Waals surface area contributed by atoms with E-state index in [-0.39, 0.29) is 0 Å². The summed E-state index contributed by atoms with van der Waals surface area (Å²) in [5, 5.41) is 0. The van der Waals surface area contributed by atoms with E-state index in [0.29, 0.717) is 0 Å². The van der Waals surface area contributed by atoms with Crippen molar-refractivity contribution < 1.29 is 0 Å². The van der Waals surface area contributed by atoms with Gasteiger partial charge in [-0.15, -0.1) is 0 Å². The van der Waals surface area contributed by atoms with Crippen LogP contribution in [0.4, 0.5) is 5.82 Å². The summed E-state index contributed by atoms with van der Waals surface area (Å²) in [5.41, 5.74) is 2.54. The van der Waals surface area contributed by atoms with Crippen LogP contribution in [0.5, 0.6) is 0 Å². The predicted molar refractivity (Wildman–Crippen MR) is 81.2 cm³/mol. The van der Waals surface area contributed by atoms with Gasteiger partial charge in [0.25, 0.3) is 0 Å². The second-order valence-corrected chi connectivity index (χ2v) is 6.25. The Labute approximate surface area is 116 Å². The molecule has 2 fully saturated rings. The molecule has 0 aromatic carbocycles. The Hall–Kier alpha value is -1.31. The zero-order valence-corrected chi connectivity index (χ0v) is 12.3. The van der Waals surface area contributed by atoms with Gasteiger partial charge in [0.2, 0.25) is 0 Å². The van der Waals surface area contributed by atoms with E-state index in [4.69, 9.17) is 4.98 Å². The van der Waals surface area contributed by atoms with Crippen LogP contribution in [0.3, 0.4) is 0 Å². The molecule has 0 amide bonds. The van der Waals surface area contributed by atoms with Crippen LogP contribution in [-0.2, 0) is 0 Å². The summed E-state index contributed by atoms with van der Waals surface area (Å²) in [7, 11) is 0. The van der Waals surface area contributed by atoms with Crippen LogP contribution in [0.25, 0.3) is 5.57 Å². The Bertz CT molecular complexity index is 461. The maximum atomic E-state index is 4.72. The highest BCUT2D eigenvalue weighted by atomic mass is 15.3. The SMILES string of the molecule is C/C=C(/C)c1ccc(N2C3CCC2CC(C)C3)nc1. The van der Waals surface area contributed by atoms with Crippen molar-refractivity contribution in [1.29, 1.82) is 0 Å². The number of hydrogen-bond acceptors (Lipinski definition) is 2. The maximum absolute atomic E-state index is 4.72. The van der Waals surface area contributed by atoms with Crippen LogP contribution < -0.4 is 4.90 Å². The number of fused-ring (bicyclic) bond motifs is 2. The molecule has 3 rings (SSSR count). The predicted octanol–water partition coefficient (Wildman–Crippen LogP) is 4.27. The molecular formula is C17H24N2. The Morgan fingerprint density at radius 1 is 1.26 bits per heavy atom. The third-order valence-corrected chi connectivity index (χ3v) is 4.87. The van der Waals surface area contributed by atoms with Gasteiger partial charge in [-0.25, -0.2) is 4.98 Å². The number of hydrogen-bond donors (Lipinski definition) is 0. The van der Waals surface area contributed by atoms with Gasteiger partial charge in [-0.1, -0.05) is 13.0 Å². The molecule has 0 spiro atoms. The van der Waals surface area contributed by atoms with Gasteiger partial charge in [0, 0.05) is 18.3 Å². The minimum Gasteiger partial charge on any atom is -0.351 e. The molecule has 2 unspecified atom stereocenters. The molecule has 0 N–H and O–H groups in total. The summed E-state index contributed by atoms with van der Waals surface area (Å²) in [4.78, 5) is 7.31. The van der Waals surface area contributed by atoms with Gasteiger partial charge in [-0.3, -0.25) is 0 Å². The zero-order chi connectivity index (χ0) is 13.4.